The summed E-state index contributed by atoms with van der Waals surface area (Å²) in [5.41, 5.74) is 3.26. The van der Waals surface area contributed by atoms with Crippen LogP contribution >= 0.6 is 27.5 Å². The molecular formula is C15H12BrClN2O. The van der Waals surface area contributed by atoms with Crippen molar-refractivity contribution in [3.8, 4) is 17.1 Å². The fraction of sp³-hybridized carbons (Fsp3) is 0.333. The van der Waals surface area contributed by atoms with Gasteiger partial charge in [-0.05, 0) is 52.5 Å². The Morgan fingerprint density at radius 3 is 2.90 bits per heavy atom. The van der Waals surface area contributed by atoms with E-state index in [0.29, 0.717) is 16.9 Å². The SMILES string of the molecule is Clc1nc(-c2ccc3c(c2)CCO3)nc(C2CC2)c1Br. The van der Waals surface area contributed by atoms with Crippen LogP contribution in [0.25, 0.3) is 11.4 Å². The predicted octanol–water partition coefficient (Wildman–Crippen LogP) is 4.37. The molecule has 0 atom stereocenters. The van der Waals surface area contributed by atoms with Crippen molar-refractivity contribution in [1.82, 2.24) is 9.97 Å². The zero-order valence-electron chi connectivity index (χ0n) is 10.7. The van der Waals surface area contributed by atoms with E-state index in [2.05, 4.69) is 27.0 Å². The Kier molecular flexibility index (Phi) is 2.97. The third-order valence-electron chi connectivity index (χ3n) is 3.75. The van der Waals surface area contributed by atoms with E-state index in [1.54, 1.807) is 0 Å². The highest BCUT2D eigenvalue weighted by atomic mass is 79.9. The summed E-state index contributed by atoms with van der Waals surface area (Å²) in [4.78, 5) is 9.11. The van der Waals surface area contributed by atoms with E-state index in [-0.39, 0.29) is 0 Å². The van der Waals surface area contributed by atoms with Gasteiger partial charge in [0, 0.05) is 17.9 Å². The first-order valence-corrected chi connectivity index (χ1v) is 7.88. The summed E-state index contributed by atoms with van der Waals surface area (Å²) in [6.45, 7) is 0.758. The molecule has 0 saturated heterocycles. The summed E-state index contributed by atoms with van der Waals surface area (Å²) < 4.78 is 6.37. The number of benzene rings is 1. The van der Waals surface area contributed by atoms with Gasteiger partial charge in [-0.1, -0.05) is 11.6 Å². The fourth-order valence-electron chi connectivity index (χ4n) is 2.52. The van der Waals surface area contributed by atoms with Gasteiger partial charge in [-0.25, -0.2) is 9.97 Å². The second kappa shape index (κ2) is 4.71. The Hall–Kier alpha value is -1.13. The molecule has 0 radical (unpaired) electrons. The van der Waals surface area contributed by atoms with Crippen molar-refractivity contribution in [2.75, 3.05) is 6.61 Å². The summed E-state index contributed by atoms with van der Waals surface area (Å²) in [6.07, 6.45) is 3.32. The maximum absolute atomic E-state index is 6.24. The van der Waals surface area contributed by atoms with E-state index in [0.717, 1.165) is 34.5 Å². The lowest BCUT2D eigenvalue weighted by molar-refractivity contribution is 0.357. The van der Waals surface area contributed by atoms with Crippen molar-refractivity contribution in [1.29, 1.82) is 0 Å². The van der Waals surface area contributed by atoms with Gasteiger partial charge in [0.15, 0.2) is 5.82 Å². The molecule has 0 N–H and O–H groups in total. The number of nitrogens with zero attached hydrogens (tertiary/aromatic N) is 2. The summed E-state index contributed by atoms with van der Waals surface area (Å²) in [5.74, 6) is 2.20. The molecule has 1 aromatic heterocycles. The first kappa shape index (κ1) is 12.6. The minimum atomic E-state index is 0.494. The van der Waals surface area contributed by atoms with Crippen LogP contribution in [0.15, 0.2) is 22.7 Å². The standard InChI is InChI=1S/C15H12BrClN2O/c16-12-13(8-1-2-8)18-15(19-14(12)17)10-3-4-11-9(7-10)5-6-20-11/h3-4,7-8H,1-2,5-6H2. The normalized spacial score (nSPS) is 16.9. The molecule has 2 heterocycles. The monoisotopic (exact) mass is 350 g/mol. The van der Waals surface area contributed by atoms with Gasteiger partial charge >= 0.3 is 0 Å². The van der Waals surface area contributed by atoms with E-state index in [1.807, 2.05) is 12.1 Å². The van der Waals surface area contributed by atoms with Gasteiger partial charge in [-0.2, -0.15) is 0 Å². The predicted molar refractivity (Wildman–Crippen MR) is 81.4 cm³/mol. The number of aromatic nitrogens is 2. The topological polar surface area (TPSA) is 35.0 Å². The molecule has 1 fully saturated rings. The van der Waals surface area contributed by atoms with Crippen LogP contribution in [0.2, 0.25) is 5.15 Å². The van der Waals surface area contributed by atoms with Crippen molar-refractivity contribution in [3.05, 3.63) is 39.1 Å². The molecular weight excluding hydrogens is 340 g/mol. The first-order valence-electron chi connectivity index (χ1n) is 6.71. The summed E-state index contributed by atoms with van der Waals surface area (Å²) >= 11 is 9.74. The van der Waals surface area contributed by atoms with Crippen LogP contribution in [0.4, 0.5) is 0 Å². The number of rotatable bonds is 2. The van der Waals surface area contributed by atoms with E-state index in [1.165, 1.54) is 18.4 Å². The number of hydrogen-bond donors (Lipinski definition) is 0. The zero-order chi connectivity index (χ0) is 13.7. The number of hydrogen-bond acceptors (Lipinski definition) is 3. The van der Waals surface area contributed by atoms with Crippen LogP contribution in [0, 0.1) is 0 Å². The Labute approximate surface area is 130 Å². The highest BCUT2D eigenvalue weighted by Gasteiger charge is 2.29. The maximum Gasteiger partial charge on any atom is 0.161 e. The number of ether oxygens (including phenoxy) is 1. The van der Waals surface area contributed by atoms with Crippen LogP contribution < -0.4 is 4.74 Å². The molecule has 0 bridgehead atoms. The lowest BCUT2D eigenvalue weighted by atomic mass is 10.1. The summed E-state index contributed by atoms with van der Waals surface area (Å²) in [7, 11) is 0. The van der Waals surface area contributed by atoms with E-state index >= 15 is 0 Å². The largest absolute Gasteiger partial charge is 0.493 e. The molecule has 0 unspecified atom stereocenters. The average molecular weight is 352 g/mol. The highest BCUT2D eigenvalue weighted by Crippen LogP contribution is 2.44. The van der Waals surface area contributed by atoms with Crippen LogP contribution in [-0.2, 0) is 6.42 Å². The molecule has 1 aromatic carbocycles. The van der Waals surface area contributed by atoms with Crippen molar-refractivity contribution in [3.63, 3.8) is 0 Å². The van der Waals surface area contributed by atoms with Crippen molar-refractivity contribution in [2.45, 2.75) is 25.2 Å². The summed E-state index contributed by atoms with van der Waals surface area (Å²) in [5, 5.41) is 0.494. The second-order valence-corrected chi connectivity index (χ2v) is 6.38. The van der Waals surface area contributed by atoms with E-state index in [4.69, 9.17) is 21.3 Å². The average Bonchev–Trinajstić information content (AvgIpc) is 3.18. The molecule has 2 aromatic rings. The summed E-state index contributed by atoms with van der Waals surface area (Å²) in [6, 6.07) is 6.10. The van der Waals surface area contributed by atoms with Gasteiger partial charge < -0.3 is 4.74 Å². The Bertz CT molecular complexity index is 701. The molecule has 5 heteroatoms. The Morgan fingerprint density at radius 2 is 2.10 bits per heavy atom. The van der Waals surface area contributed by atoms with E-state index < -0.39 is 0 Å². The van der Waals surface area contributed by atoms with Gasteiger partial charge in [0.25, 0.3) is 0 Å². The zero-order valence-corrected chi connectivity index (χ0v) is 13.0. The maximum atomic E-state index is 6.24. The van der Waals surface area contributed by atoms with Gasteiger partial charge in [0.05, 0.1) is 16.8 Å². The quantitative estimate of drug-likeness (QED) is 0.754. The third kappa shape index (κ3) is 2.11. The highest BCUT2D eigenvalue weighted by molar-refractivity contribution is 9.10. The fourth-order valence-corrected chi connectivity index (χ4v) is 3.20. The molecule has 2 aliphatic rings. The lowest BCUT2D eigenvalue weighted by Crippen LogP contribution is -1.97. The van der Waals surface area contributed by atoms with Crippen LogP contribution in [-0.4, -0.2) is 16.6 Å². The van der Waals surface area contributed by atoms with Crippen LogP contribution in [0.5, 0.6) is 5.75 Å². The van der Waals surface area contributed by atoms with Crippen LogP contribution in [0.3, 0.4) is 0 Å². The number of fused-ring (bicyclic) bond motifs is 1. The minimum Gasteiger partial charge on any atom is -0.493 e. The van der Waals surface area contributed by atoms with Crippen molar-refractivity contribution < 1.29 is 4.74 Å². The molecule has 1 aliphatic carbocycles. The number of halogens is 2. The van der Waals surface area contributed by atoms with Gasteiger partial charge in [-0.15, -0.1) is 0 Å². The van der Waals surface area contributed by atoms with Gasteiger partial charge in [0.2, 0.25) is 0 Å². The Balaban J connectivity index is 1.82. The van der Waals surface area contributed by atoms with Crippen molar-refractivity contribution in [2.24, 2.45) is 0 Å². The molecule has 4 rings (SSSR count). The first-order chi connectivity index (χ1) is 9.72. The second-order valence-electron chi connectivity index (χ2n) is 5.23. The minimum absolute atomic E-state index is 0.494. The molecule has 0 spiro atoms. The molecule has 102 valence electrons. The molecule has 20 heavy (non-hydrogen) atoms. The molecule has 3 nitrogen and oxygen atoms in total. The third-order valence-corrected chi connectivity index (χ3v) is 5.03. The lowest BCUT2D eigenvalue weighted by Gasteiger charge is -2.08. The Morgan fingerprint density at radius 1 is 1.25 bits per heavy atom. The van der Waals surface area contributed by atoms with Gasteiger partial charge in [0.1, 0.15) is 10.9 Å². The van der Waals surface area contributed by atoms with E-state index in [9.17, 15) is 0 Å². The smallest absolute Gasteiger partial charge is 0.161 e. The van der Waals surface area contributed by atoms with Crippen LogP contribution in [0.1, 0.15) is 30.0 Å². The van der Waals surface area contributed by atoms with Gasteiger partial charge in [-0.3, -0.25) is 0 Å². The molecule has 1 saturated carbocycles. The van der Waals surface area contributed by atoms with Crippen molar-refractivity contribution >= 4 is 27.5 Å². The molecule has 1 aliphatic heterocycles. The molecule has 0 amide bonds.